The highest BCUT2D eigenvalue weighted by molar-refractivity contribution is 5.50. The molecule has 1 aromatic heterocycles. The van der Waals surface area contributed by atoms with E-state index in [-0.39, 0.29) is 0 Å². The average molecular weight is 174 g/mol. The van der Waals surface area contributed by atoms with Gasteiger partial charge in [-0.2, -0.15) is 0 Å². The first kappa shape index (κ1) is 9.65. The molecule has 0 amide bonds. The van der Waals surface area contributed by atoms with E-state index in [0.717, 1.165) is 16.1 Å². The third kappa shape index (κ3) is 2.02. The second-order valence-electron chi connectivity index (χ2n) is 3.16. The van der Waals surface area contributed by atoms with E-state index in [1.807, 2.05) is 19.2 Å². The lowest BCUT2D eigenvalue weighted by atomic mass is 10.2. The van der Waals surface area contributed by atoms with Gasteiger partial charge in [0.1, 0.15) is 0 Å². The monoisotopic (exact) mass is 174 g/mol. The molecular weight excluding hydrogens is 160 g/mol. The summed E-state index contributed by atoms with van der Waals surface area (Å²) in [5.41, 5.74) is 2.18. The standard InChI is InChI=1S/C11H14N2/c1-8(2)11-7-13-6-5-10(11)9(3)12-4/h5-7H,4H2,1-3H3/b10-9-. The molecule has 0 radical (unpaired) electrons. The van der Waals surface area contributed by atoms with Crippen LogP contribution in [-0.2, 0) is 0 Å². The number of nitrogens with zero attached hydrogens (tertiary/aromatic N) is 2. The minimum Gasteiger partial charge on any atom is -0.269 e. The molecule has 0 unspecified atom stereocenters. The van der Waals surface area contributed by atoms with Crippen LogP contribution in [0.2, 0.25) is 0 Å². The topological polar surface area (TPSA) is 25.2 Å². The van der Waals surface area contributed by atoms with Crippen molar-refractivity contribution in [1.29, 1.82) is 0 Å². The molecule has 0 saturated heterocycles. The Labute approximate surface area is 78.4 Å². The lowest BCUT2D eigenvalue weighted by Crippen LogP contribution is -2.27. The second kappa shape index (κ2) is 3.99. The van der Waals surface area contributed by atoms with E-state index in [1.165, 1.54) is 5.57 Å². The smallest absolute Gasteiger partial charge is 0.0444 e. The Bertz CT molecular complexity index is 426. The Kier molecular flexibility index (Phi) is 2.96. The summed E-state index contributed by atoms with van der Waals surface area (Å²) in [5.74, 6) is 0. The maximum absolute atomic E-state index is 4.09. The number of pyridine rings is 1. The predicted octanol–water partition coefficient (Wildman–Crippen LogP) is 1.10. The van der Waals surface area contributed by atoms with E-state index in [4.69, 9.17) is 0 Å². The molecule has 1 rings (SSSR count). The number of hydrogen-bond donors (Lipinski definition) is 0. The third-order valence-corrected chi connectivity index (χ3v) is 1.99. The second-order valence-corrected chi connectivity index (χ2v) is 3.16. The SMILES string of the molecule is C=N/C(C)=c1/ccncc1=C(C)C. The Morgan fingerprint density at radius 2 is 2.00 bits per heavy atom. The van der Waals surface area contributed by atoms with Gasteiger partial charge in [0, 0.05) is 28.5 Å². The van der Waals surface area contributed by atoms with Crippen LogP contribution in [0.25, 0.3) is 11.3 Å². The van der Waals surface area contributed by atoms with Crippen molar-refractivity contribution in [2.75, 3.05) is 0 Å². The molecule has 2 nitrogen and oxygen atoms in total. The van der Waals surface area contributed by atoms with Gasteiger partial charge >= 0.3 is 0 Å². The van der Waals surface area contributed by atoms with Crippen molar-refractivity contribution >= 4 is 18.0 Å². The lowest BCUT2D eigenvalue weighted by molar-refractivity contribution is 1.24. The number of aliphatic imine (C=N–C) groups is 1. The maximum atomic E-state index is 4.09. The molecule has 0 aliphatic carbocycles. The molecule has 1 aromatic rings. The van der Waals surface area contributed by atoms with Crippen LogP contribution in [0.15, 0.2) is 23.5 Å². The summed E-state index contributed by atoms with van der Waals surface area (Å²) >= 11 is 0. The fraction of sp³-hybridized carbons (Fsp3) is 0.273. The van der Waals surface area contributed by atoms with Crippen LogP contribution in [0.1, 0.15) is 20.8 Å². The zero-order chi connectivity index (χ0) is 9.84. The molecule has 2 heteroatoms. The fourth-order valence-corrected chi connectivity index (χ4v) is 1.19. The Morgan fingerprint density at radius 3 is 2.54 bits per heavy atom. The van der Waals surface area contributed by atoms with Crippen molar-refractivity contribution < 1.29 is 0 Å². The molecule has 0 N–H and O–H groups in total. The minimum atomic E-state index is 0.943. The number of hydrogen-bond acceptors (Lipinski definition) is 2. The van der Waals surface area contributed by atoms with Gasteiger partial charge < -0.3 is 0 Å². The fourth-order valence-electron chi connectivity index (χ4n) is 1.19. The van der Waals surface area contributed by atoms with Gasteiger partial charge in [-0.05, 0) is 33.6 Å². The van der Waals surface area contributed by atoms with Crippen LogP contribution in [0, 0.1) is 0 Å². The van der Waals surface area contributed by atoms with Gasteiger partial charge in [0.2, 0.25) is 0 Å². The third-order valence-electron chi connectivity index (χ3n) is 1.99. The van der Waals surface area contributed by atoms with Crippen molar-refractivity contribution in [2.24, 2.45) is 4.99 Å². The largest absolute Gasteiger partial charge is 0.269 e. The van der Waals surface area contributed by atoms with E-state index >= 15 is 0 Å². The van der Waals surface area contributed by atoms with Gasteiger partial charge in [0.25, 0.3) is 0 Å². The zero-order valence-electron chi connectivity index (χ0n) is 8.33. The molecule has 0 saturated carbocycles. The molecule has 0 spiro atoms. The summed E-state index contributed by atoms with van der Waals surface area (Å²) in [6.07, 6.45) is 3.63. The maximum Gasteiger partial charge on any atom is 0.0444 e. The van der Waals surface area contributed by atoms with Crippen LogP contribution >= 0.6 is 0 Å². The molecule has 0 aliphatic heterocycles. The summed E-state index contributed by atoms with van der Waals surface area (Å²) in [6.45, 7) is 9.61. The molecule has 0 fully saturated rings. The zero-order valence-corrected chi connectivity index (χ0v) is 8.33. The first-order valence-corrected chi connectivity index (χ1v) is 4.22. The van der Waals surface area contributed by atoms with Crippen molar-refractivity contribution in [2.45, 2.75) is 20.8 Å². The molecule has 0 aliphatic rings. The Hall–Kier alpha value is -1.44. The van der Waals surface area contributed by atoms with Gasteiger partial charge in [-0.3, -0.25) is 9.98 Å². The molecule has 0 bridgehead atoms. The van der Waals surface area contributed by atoms with Crippen molar-refractivity contribution in [3.05, 3.63) is 28.9 Å². The highest BCUT2D eigenvalue weighted by Crippen LogP contribution is 1.88. The highest BCUT2D eigenvalue weighted by Gasteiger charge is 1.90. The summed E-state index contributed by atoms with van der Waals surface area (Å²) in [4.78, 5) is 8.01. The van der Waals surface area contributed by atoms with Crippen molar-refractivity contribution in [3.8, 4) is 0 Å². The van der Waals surface area contributed by atoms with Gasteiger partial charge in [-0.1, -0.05) is 5.57 Å². The van der Waals surface area contributed by atoms with Crippen LogP contribution in [-0.4, -0.2) is 11.7 Å². The van der Waals surface area contributed by atoms with E-state index in [9.17, 15) is 0 Å². The van der Waals surface area contributed by atoms with E-state index in [2.05, 4.69) is 30.5 Å². The first-order valence-electron chi connectivity index (χ1n) is 4.22. The number of aromatic nitrogens is 1. The molecule has 0 atom stereocenters. The quantitative estimate of drug-likeness (QED) is 0.585. The van der Waals surface area contributed by atoms with E-state index in [1.54, 1.807) is 6.20 Å². The normalized spacial score (nSPS) is 12.2. The van der Waals surface area contributed by atoms with Crippen LogP contribution in [0.4, 0.5) is 0 Å². The van der Waals surface area contributed by atoms with Crippen molar-refractivity contribution in [3.63, 3.8) is 0 Å². The molecule has 1 heterocycles. The average Bonchev–Trinajstić information content (AvgIpc) is 2.16. The minimum absolute atomic E-state index is 0.943. The Balaban J connectivity index is 3.76. The molecule has 0 aromatic carbocycles. The van der Waals surface area contributed by atoms with Crippen molar-refractivity contribution in [1.82, 2.24) is 4.98 Å². The molecule has 13 heavy (non-hydrogen) atoms. The predicted molar refractivity (Wildman–Crippen MR) is 56.9 cm³/mol. The van der Waals surface area contributed by atoms with Gasteiger partial charge in [-0.25, -0.2) is 0 Å². The highest BCUT2D eigenvalue weighted by atomic mass is 14.7. The molecular formula is C11H14N2. The lowest BCUT2D eigenvalue weighted by Gasteiger charge is -1.95. The summed E-state index contributed by atoms with van der Waals surface area (Å²) in [6, 6.07) is 1.96. The van der Waals surface area contributed by atoms with E-state index in [0.29, 0.717) is 0 Å². The van der Waals surface area contributed by atoms with Crippen LogP contribution in [0.3, 0.4) is 0 Å². The van der Waals surface area contributed by atoms with Gasteiger partial charge in [0.15, 0.2) is 0 Å². The summed E-state index contributed by atoms with van der Waals surface area (Å²) in [5, 5.41) is 2.26. The Morgan fingerprint density at radius 1 is 1.31 bits per heavy atom. The summed E-state index contributed by atoms with van der Waals surface area (Å²) < 4.78 is 0. The van der Waals surface area contributed by atoms with E-state index < -0.39 is 0 Å². The first-order chi connectivity index (χ1) is 6.16. The molecule has 68 valence electrons. The van der Waals surface area contributed by atoms with Gasteiger partial charge in [-0.15, -0.1) is 0 Å². The number of rotatable bonds is 1. The van der Waals surface area contributed by atoms with Gasteiger partial charge in [0.05, 0.1) is 0 Å². The summed E-state index contributed by atoms with van der Waals surface area (Å²) in [7, 11) is 0. The van der Waals surface area contributed by atoms with Crippen LogP contribution in [0.5, 0.6) is 0 Å². The van der Waals surface area contributed by atoms with Crippen LogP contribution < -0.4 is 10.4 Å².